The second-order valence-corrected chi connectivity index (χ2v) is 7.83. The molecular formula is C16H20O3Se. The summed E-state index contributed by atoms with van der Waals surface area (Å²) in [7, 11) is 0. The Kier molecular flexibility index (Phi) is 5.81. The van der Waals surface area contributed by atoms with Gasteiger partial charge in [-0.05, 0) is 0 Å². The van der Waals surface area contributed by atoms with Crippen molar-refractivity contribution in [2.45, 2.75) is 49.9 Å². The molecule has 1 saturated heterocycles. The van der Waals surface area contributed by atoms with Gasteiger partial charge in [0.1, 0.15) is 0 Å². The molecule has 1 aromatic rings. The monoisotopic (exact) mass is 340 g/mol. The number of cyclic esters (lactones) is 1. The summed E-state index contributed by atoms with van der Waals surface area (Å²) in [6, 6.07) is 10.1. The van der Waals surface area contributed by atoms with Crippen LogP contribution in [0.2, 0.25) is 4.82 Å². The van der Waals surface area contributed by atoms with Gasteiger partial charge in [0.05, 0.1) is 0 Å². The number of benzene rings is 1. The Morgan fingerprint density at radius 1 is 1.10 bits per heavy atom. The molecule has 2 rings (SSSR count). The predicted octanol–water partition coefficient (Wildman–Crippen LogP) is 2.27. The van der Waals surface area contributed by atoms with Crippen LogP contribution < -0.4 is 4.46 Å². The first kappa shape index (κ1) is 15.3. The summed E-state index contributed by atoms with van der Waals surface area (Å²) in [4.78, 5) is 24.0. The quantitative estimate of drug-likeness (QED) is 0.472. The molecule has 1 fully saturated rings. The van der Waals surface area contributed by atoms with E-state index in [9.17, 15) is 9.59 Å². The van der Waals surface area contributed by atoms with Crippen molar-refractivity contribution >= 4 is 31.2 Å². The maximum atomic E-state index is 12.3. The van der Waals surface area contributed by atoms with Crippen LogP contribution in [0.3, 0.4) is 0 Å². The molecule has 4 heteroatoms. The Bertz CT molecular complexity index is 458. The zero-order valence-electron chi connectivity index (χ0n) is 11.7. The van der Waals surface area contributed by atoms with Crippen LogP contribution in [0.25, 0.3) is 0 Å². The number of hydrogen-bond donors (Lipinski definition) is 0. The molecule has 20 heavy (non-hydrogen) atoms. The zero-order valence-corrected chi connectivity index (χ0v) is 13.4. The number of ketones is 1. The number of ether oxygens (including phenoxy) is 1. The van der Waals surface area contributed by atoms with Crippen LogP contribution in [0.1, 0.15) is 39.0 Å². The third-order valence-electron chi connectivity index (χ3n) is 3.36. The van der Waals surface area contributed by atoms with Crippen LogP contribution in [-0.2, 0) is 14.3 Å². The molecule has 0 amide bonds. The molecule has 1 aliphatic heterocycles. The van der Waals surface area contributed by atoms with Crippen molar-refractivity contribution in [2.75, 3.05) is 0 Å². The van der Waals surface area contributed by atoms with Crippen LogP contribution in [0, 0.1) is 0 Å². The van der Waals surface area contributed by atoms with Gasteiger partial charge in [0.25, 0.3) is 0 Å². The Morgan fingerprint density at radius 2 is 1.80 bits per heavy atom. The number of carbonyl (C=O) groups excluding carboxylic acids is 2. The summed E-state index contributed by atoms with van der Waals surface area (Å²) in [6.07, 6.45) is 3.71. The van der Waals surface area contributed by atoms with E-state index in [2.05, 4.69) is 12.1 Å². The van der Waals surface area contributed by atoms with Gasteiger partial charge in [0.2, 0.25) is 0 Å². The minimum absolute atomic E-state index is 0.00542. The Morgan fingerprint density at radius 3 is 2.55 bits per heavy atom. The van der Waals surface area contributed by atoms with Crippen LogP contribution in [0.4, 0.5) is 0 Å². The van der Waals surface area contributed by atoms with E-state index in [4.69, 9.17) is 4.74 Å². The average molecular weight is 339 g/mol. The van der Waals surface area contributed by atoms with Crippen LogP contribution in [-0.4, -0.2) is 32.8 Å². The fraction of sp³-hybridized carbons (Fsp3) is 0.500. The first-order valence-corrected chi connectivity index (χ1v) is 8.93. The Balaban J connectivity index is 2.02. The number of rotatable bonds is 2. The van der Waals surface area contributed by atoms with Gasteiger partial charge < -0.3 is 0 Å². The van der Waals surface area contributed by atoms with Crippen molar-refractivity contribution in [2.24, 2.45) is 0 Å². The van der Waals surface area contributed by atoms with Crippen LogP contribution in [0.15, 0.2) is 30.3 Å². The summed E-state index contributed by atoms with van der Waals surface area (Å²) in [5.74, 6) is -0.314. The van der Waals surface area contributed by atoms with E-state index in [0.717, 1.165) is 25.7 Å². The molecule has 0 N–H and O–H groups in total. The van der Waals surface area contributed by atoms with Crippen molar-refractivity contribution in [1.82, 2.24) is 0 Å². The predicted molar refractivity (Wildman–Crippen MR) is 79.2 cm³/mol. The zero-order chi connectivity index (χ0) is 14.4. The Labute approximate surface area is 126 Å². The minimum atomic E-state index is -0.363. The molecule has 108 valence electrons. The van der Waals surface area contributed by atoms with Crippen molar-refractivity contribution in [3.05, 3.63) is 30.3 Å². The number of esters is 1. The average Bonchev–Trinajstić information content (AvgIpc) is 2.42. The summed E-state index contributed by atoms with van der Waals surface area (Å²) in [6.45, 7) is 1.90. The SMILES string of the molecule is CC1CCCCC([Se]c2ccccc2)C(=O)CC(=O)O1. The molecule has 0 radical (unpaired) electrons. The molecule has 3 nitrogen and oxygen atoms in total. The summed E-state index contributed by atoms with van der Waals surface area (Å²) < 4.78 is 6.46. The fourth-order valence-electron chi connectivity index (χ4n) is 2.29. The van der Waals surface area contributed by atoms with E-state index < -0.39 is 0 Å². The van der Waals surface area contributed by atoms with Gasteiger partial charge in [-0.25, -0.2) is 0 Å². The van der Waals surface area contributed by atoms with Gasteiger partial charge >= 0.3 is 126 Å². The molecule has 1 heterocycles. The van der Waals surface area contributed by atoms with Gasteiger partial charge in [-0.3, -0.25) is 0 Å². The third kappa shape index (κ3) is 4.77. The molecule has 0 aromatic heterocycles. The van der Waals surface area contributed by atoms with Crippen molar-refractivity contribution < 1.29 is 14.3 Å². The molecule has 0 saturated carbocycles. The van der Waals surface area contributed by atoms with E-state index >= 15 is 0 Å². The molecular weight excluding hydrogens is 319 g/mol. The molecule has 0 bridgehead atoms. The molecule has 2 atom stereocenters. The second-order valence-electron chi connectivity index (χ2n) is 5.15. The maximum absolute atomic E-state index is 12.3. The van der Waals surface area contributed by atoms with Crippen molar-refractivity contribution in [3.63, 3.8) is 0 Å². The molecule has 2 unspecified atom stereocenters. The van der Waals surface area contributed by atoms with E-state index in [1.165, 1.54) is 4.46 Å². The standard InChI is InChI=1S/C16H20O3Se/c1-12-7-5-6-10-15(14(17)11-16(18)19-12)20-13-8-3-2-4-9-13/h2-4,8-9,12,15H,5-7,10-11H2,1H3. The van der Waals surface area contributed by atoms with Crippen LogP contribution >= 0.6 is 0 Å². The van der Waals surface area contributed by atoms with Crippen LogP contribution in [0.5, 0.6) is 0 Å². The summed E-state index contributed by atoms with van der Waals surface area (Å²) >= 11 is 0.101. The van der Waals surface area contributed by atoms with Crippen molar-refractivity contribution in [1.29, 1.82) is 0 Å². The molecule has 1 aliphatic rings. The van der Waals surface area contributed by atoms with Gasteiger partial charge in [0.15, 0.2) is 0 Å². The van der Waals surface area contributed by atoms with Crippen molar-refractivity contribution in [3.8, 4) is 0 Å². The van der Waals surface area contributed by atoms with E-state index in [1.807, 2.05) is 25.1 Å². The molecule has 0 aliphatic carbocycles. The number of carbonyl (C=O) groups is 2. The second kappa shape index (κ2) is 7.61. The first-order chi connectivity index (χ1) is 9.65. The summed E-state index contributed by atoms with van der Waals surface area (Å²) in [5.41, 5.74) is 0. The van der Waals surface area contributed by atoms with Gasteiger partial charge in [0, 0.05) is 0 Å². The number of Topliss-reactive ketones (excluding diaryl/α,β-unsaturated/α-hetero) is 1. The van der Waals surface area contributed by atoms with E-state index in [1.54, 1.807) is 0 Å². The van der Waals surface area contributed by atoms with Gasteiger partial charge in [-0.1, -0.05) is 0 Å². The topological polar surface area (TPSA) is 43.4 Å². The molecule has 0 spiro atoms. The van der Waals surface area contributed by atoms with Gasteiger partial charge in [-0.15, -0.1) is 0 Å². The number of hydrogen-bond acceptors (Lipinski definition) is 3. The normalized spacial score (nSPS) is 25.1. The fourth-order valence-corrected chi connectivity index (χ4v) is 4.69. The van der Waals surface area contributed by atoms with E-state index in [0.29, 0.717) is 0 Å². The third-order valence-corrected chi connectivity index (χ3v) is 6.14. The molecule has 1 aromatic carbocycles. The van der Waals surface area contributed by atoms with E-state index in [-0.39, 0.29) is 44.1 Å². The summed E-state index contributed by atoms with van der Waals surface area (Å²) in [5, 5.41) is 0. The Hall–Kier alpha value is -1.12. The van der Waals surface area contributed by atoms with Gasteiger partial charge in [-0.2, -0.15) is 0 Å². The first-order valence-electron chi connectivity index (χ1n) is 7.09.